The van der Waals surface area contributed by atoms with Gasteiger partial charge in [0.05, 0.1) is 11.5 Å². The SMILES string of the molecule is Cc1cc(CO)cc(S(=O)(=O)Nc2nccs2)c1C. The normalized spacial score (nSPS) is 11.5. The number of aromatic nitrogens is 1. The van der Waals surface area contributed by atoms with Crippen molar-refractivity contribution in [3.63, 3.8) is 0 Å². The lowest BCUT2D eigenvalue weighted by molar-refractivity contribution is 0.281. The Kier molecular flexibility index (Phi) is 3.88. The molecule has 1 heterocycles. The maximum atomic E-state index is 12.3. The zero-order valence-electron chi connectivity index (χ0n) is 10.5. The summed E-state index contributed by atoms with van der Waals surface area (Å²) in [7, 11) is -3.68. The van der Waals surface area contributed by atoms with Crippen LogP contribution in [-0.4, -0.2) is 18.5 Å². The van der Waals surface area contributed by atoms with E-state index < -0.39 is 10.0 Å². The molecule has 0 bridgehead atoms. The second-order valence-corrected chi connectivity index (χ2v) is 6.68. The van der Waals surface area contributed by atoms with Crippen LogP contribution in [0.25, 0.3) is 0 Å². The first-order chi connectivity index (χ1) is 8.94. The van der Waals surface area contributed by atoms with Crippen molar-refractivity contribution in [1.29, 1.82) is 0 Å². The Morgan fingerprint density at radius 2 is 2.11 bits per heavy atom. The molecule has 0 spiro atoms. The Morgan fingerprint density at radius 3 is 2.68 bits per heavy atom. The van der Waals surface area contributed by atoms with Gasteiger partial charge in [0.25, 0.3) is 10.0 Å². The minimum absolute atomic E-state index is 0.173. The van der Waals surface area contributed by atoms with E-state index in [0.29, 0.717) is 16.3 Å². The van der Waals surface area contributed by atoms with Gasteiger partial charge in [-0.3, -0.25) is 4.72 Å². The molecule has 0 saturated carbocycles. The van der Waals surface area contributed by atoms with E-state index in [2.05, 4.69) is 9.71 Å². The van der Waals surface area contributed by atoms with Gasteiger partial charge in [0.1, 0.15) is 0 Å². The van der Waals surface area contributed by atoms with E-state index in [0.717, 1.165) is 5.56 Å². The standard InChI is InChI=1S/C12H14N2O3S2/c1-8-5-10(7-15)6-11(9(8)2)19(16,17)14-12-13-3-4-18-12/h3-6,15H,7H2,1-2H3,(H,13,14). The van der Waals surface area contributed by atoms with Gasteiger partial charge in [-0.15, -0.1) is 11.3 Å². The summed E-state index contributed by atoms with van der Waals surface area (Å²) in [6, 6.07) is 3.26. The van der Waals surface area contributed by atoms with Crippen molar-refractivity contribution in [1.82, 2.24) is 4.98 Å². The summed E-state index contributed by atoms with van der Waals surface area (Å²) in [6.45, 7) is 3.37. The lowest BCUT2D eigenvalue weighted by atomic mass is 10.1. The summed E-state index contributed by atoms with van der Waals surface area (Å²) in [5.74, 6) is 0. The topological polar surface area (TPSA) is 79.3 Å². The molecular weight excluding hydrogens is 284 g/mol. The van der Waals surface area contributed by atoms with Gasteiger partial charge in [0.2, 0.25) is 0 Å². The average Bonchev–Trinajstić information content (AvgIpc) is 2.84. The summed E-state index contributed by atoms with van der Waals surface area (Å²) in [6.07, 6.45) is 1.53. The van der Waals surface area contributed by atoms with Crippen molar-refractivity contribution in [2.75, 3.05) is 4.72 Å². The molecule has 1 aromatic carbocycles. The fourth-order valence-electron chi connectivity index (χ4n) is 1.71. The number of rotatable bonds is 4. The first-order valence-corrected chi connectivity index (χ1v) is 7.93. The summed E-state index contributed by atoms with van der Waals surface area (Å²) in [5.41, 5.74) is 2.06. The number of thiazole rings is 1. The Labute approximate surface area is 116 Å². The van der Waals surface area contributed by atoms with Gasteiger partial charge in [-0.05, 0) is 36.6 Å². The first kappa shape index (κ1) is 14.0. The van der Waals surface area contributed by atoms with Crippen molar-refractivity contribution in [3.8, 4) is 0 Å². The maximum absolute atomic E-state index is 12.3. The lowest BCUT2D eigenvalue weighted by Crippen LogP contribution is -2.15. The van der Waals surface area contributed by atoms with Gasteiger partial charge in [0.15, 0.2) is 5.13 Å². The highest BCUT2D eigenvalue weighted by molar-refractivity contribution is 7.93. The van der Waals surface area contributed by atoms with Crippen LogP contribution < -0.4 is 4.72 Å². The molecule has 0 aliphatic heterocycles. The van der Waals surface area contributed by atoms with Crippen molar-refractivity contribution < 1.29 is 13.5 Å². The van der Waals surface area contributed by atoms with Crippen LogP contribution >= 0.6 is 11.3 Å². The van der Waals surface area contributed by atoms with Gasteiger partial charge in [-0.25, -0.2) is 13.4 Å². The predicted octanol–water partition coefficient (Wildman–Crippen LogP) is 2.05. The Hall–Kier alpha value is -1.44. The minimum Gasteiger partial charge on any atom is -0.392 e. The van der Waals surface area contributed by atoms with Crippen LogP contribution in [0.5, 0.6) is 0 Å². The van der Waals surface area contributed by atoms with Crippen LogP contribution in [-0.2, 0) is 16.6 Å². The Bertz CT molecular complexity index is 679. The molecular formula is C12H14N2O3S2. The lowest BCUT2D eigenvalue weighted by Gasteiger charge is -2.12. The molecule has 0 radical (unpaired) electrons. The van der Waals surface area contributed by atoms with E-state index in [1.807, 2.05) is 6.92 Å². The van der Waals surface area contributed by atoms with E-state index in [9.17, 15) is 13.5 Å². The van der Waals surface area contributed by atoms with Crippen LogP contribution in [0.4, 0.5) is 5.13 Å². The van der Waals surface area contributed by atoms with Gasteiger partial charge in [-0.2, -0.15) is 0 Å². The molecule has 2 N–H and O–H groups in total. The molecule has 0 atom stereocenters. The van der Waals surface area contributed by atoms with Crippen LogP contribution in [0.15, 0.2) is 28.6 Å². The van der Waals surface area contributed by atoms with Crippen molar-refractivity contribution in [2.45, 2.75) is 25.3 Å². The van der Waals surface area contributed by atoms with Crippen molar-refractivity contribution >= 4 is 26.5 Å². The zero-order valence-corrected chi connectivity index (χ0v) is 12.2. The van der Waals surface area contributed by atoms with Crippen molar-refractivity contribution in [3.05, 3.63) is 40.4 Å². The van der Waals surface area contributed by atoms with E-state index in [-0.39, 0.29) is 11.5 Å². The predicted molar refractivity (Wildman–Crippen MR) is 74.8 cm³/mol. The van der Waals surface area contributed by atoms with Gasteiger partial charge in [0, 0.05) is 11.6 Å². The third-order valence-electron chi connectivity index (χ3n) is 2.81. The fourth-order valence-corrected chi connectivity index (χ4v) is 3.87. The highest BCUT2D eigenvalue weighted by Crippen LogP contribution is 2.24. The fraction of sp³-hybridized carbons (Fsp3) is 0.250. The number of aryl methyl sites for hydroxylation is 1. The maximum Gasteiger partial charge on any atom is 0.263 e. The van der Waals surface area contributed by atoms with E-state index >= 15 is 0 Å². The number of aliphatic hydroxyl groups excluding tert-OH is 1. The number of benzene rings is 1. The number of hydrogen-bond donors (Lipinski definition) is 2. The highest BCUT2D eigenvalue weighted by atomic mass is 32.2. The average molecular weight is 298 g/mol. The van der Waals surface area contributed by atoms with Crippen LogP contribution in [0, 0.1) is 13.8 Å². The number of nitrogens with one attached hydrogen (secondary N) is 1. The number of nitrogens with zero attached hydrogens (tertiary/aromatic N) is 1. The minimum atomic E-state index is -3.68. The van der Waals surface area contributed by atoms with Crippen molar-refractivity contribution in [2.24, 2.45) is 0 Å². The summed E-state index contributed by atoms with van der Waals surface area (Å²) in [4.78, 5) is 4.07. The number of hydrogen-bond acceptors (Lipinski definition) is 5. The molecule has 2 aromatic rings. The summed E-state index contributed by atoms with van der Waals surface area (Å²) < 4.78 is 27.1. The van der Waals surface area contributed by atoms with Crippen LogP contribution in [0.3, 0.4) is 0 Å². The zero-order chi connectivity index (χ0) is 14.0. The number of aliphatic hydroxyl groups is 1. The molecule has 0 unspecified atom stereocenters. The van der Waals surface area contributed by atoms with Gasteiger partial charge in [-0.1, -0.05) is 6.07 Å². The monoisotopic (exact) mass is 298 g/mol. The Balaban J connectivity index is 2.48. The molecule has 0 aliphatic carbocycles. The molecule has 19 heavy (non-hydrogen) atoms. The van der Waals surface area contributed by atoms with Gasteiger partial charge >= 0.3 is 0 Å². The smallest absolute Gasteiger partial charge is 0.263 e. The molecule has 2 rings (SSSR count). The molecule has 0 fully saturated rings. The highest BCUT2D eigenvalue weighted by Gasteiger charge is 2.19. The van der Waals surface area contributed by atoms with Crippen LogP contribution in [0.2, 0.25) is 0 Å². The molecule has 102 valence electrons. The number of anilines is 1. The third kappa shape index (κ3) is 2.94. The second kappa shape index (κ2) is 5.28. The molecule has 5 nitrogen and oxygen atoms in total. The summed E-state index contributed by atoms with van der Waals surface area (Å²) in [5, 5.41) is 11.2. The van der Waals surface area contributed by atoms with E-state index in [1.54, 1.807) is 18.4 Å². The third-order valence-corrected chi connectivity index (χ3v) is 5.09. The molecule has 0 saturated heterocycles. The van der Waals surface area contributed by atoms with Crippen LogP contribution in [0.1, 0.15) is 16.7 Å². The second-order valence-electron chi connectivity index (χ2n) is 4.14. The molecule has 0 amide bonds. The van der Waals surface area contributed by atoms with E-state index in [4.69, 9.17) is 0 Å². The molecule has 7 heteroatoms. The first-order valence-electron chi connectivity index (χ1n) is 5.57. The quantitative estimate of drug-likeness (QED) is 0.905. The summed E-state index contributed by atoms with van der Waals surface area (Å²) >= 11 is 1.21. The van der Waals surface area contributed by atoms with Gasteiger partial charge < -0.3 is 5.11 Å². The Morgan fingerprint density at radius 1 is 1.37 bits per heavy atom. The molecule has 0 aliphatic rings. The molecule has 1 aromatic heterocycles. The number of sulfonamides is 1. The van der Waals surface area contributed by atoms with E-state index in [1.165, 1.54) is 23.6 Å². The largest absolute Gasteiger partial charge is 0.392 e.